The molecule has 0 bridgehead atoms. The Morgan fingerprint density at radius 2 is 1.37 bits per heavy atom. The number of hydrogen-bond donors (Lipinski definition) is 1. The fraction of sp³-hybridized carbons (Fsp3) is 0.562. The quantitative estimate of drug-likeness (QED) is 0.308. The summed E-state index contributed by atoms with van der Waals surface area (Å²) in [5.74, 6) is -2.38. The first-order valence-electron chi connectivity index (χ1n) is 15.2. The SMILES string of the molecule is O=C(O)C1CCC(C(=O)N2CCC(c3ccc(C(F)(C(F)(F)F)C(F)(F)F)cc3)(S(=O)(=O)c3cccc(C4CCCC4)c3)C2)CC1. The third kappa shape index (κ3) is 5.79. The molecule has 252 valence electrons. The summed E-state index contributed by atoms with van der Waals surface area (Å²) in [6.45, 7) is -0.502. The van der Waals surface area contributed by atoms with E-state index in [4.69, 9.17) is 0 Å². The zero-order valence-electron chi connectivity index (χ0n) is 24.7. The summed E-state index contributed by atoms with van der Waals surface area (Å²) < 4.78 is 123. The van der Waals surface area contributed by atoms with Crippen molar-refractivity contribution in [3.8, 4) is 0 Å². The van der Waals surface area contributed by atoms with Gasteiger partial charge in [0.15, 0.2) is 9.84 Å². The minimum atomic E-state index is -6.34. The zero-order chi connectivity index (χ0) is 33.7. The summed E-state index contributed by atoms with van der Waals surface area (Å²) in [7, 11) is -4.44. The summed E-state index contributed by atoms with van der Waals surface area (Å²) in [6, 6.07) is 8.46. The van der Waals surface area contributed by atoms with Crippen LogP contribution in [0.2, 0.25) is 0 Å². The maximum Gasteiger partial charge on any atom is 0.435 e. The van der Waals surface area contributed by atoms with Gasteiger partial charge < -0.3 is 10.0 Å². The van der Waals surface area contributed by atoms with Gasteiger partial charge in [-0.2, -0.15) is 26.3 Å². The van der Waals surface area contributed by atoms with Crippen molar-refractivity contribution in [2.75, 3.05) is 13.1 Å². The number of nitrogens with zero attached hydrogens (tertiary/aromatic N) is 1. The van der Waals surface area contributed by atoms with E-state index in [2.05, 4.69) is 0 Å². The van der Waals surface area contributed by atoms with Crippen LogP contribution in [0.5, 0.6) is 0 Å². The van der Waals surface area contributed by atoms with Crippen molar-refractivity contribution in [2.24, 2.45) is 11.8 Å². The van der Waals surface area contributed by atoms with Crippen molar-refractivity contribution >= 4 is 21.7 Å². The van der Waals surface area contributed by atoms with Crippen LogP contribution in [0.1, 0.15) is 80.4 Å². The second-order valence-electron chi connectivity index (χ2n) is 12.7. The molecule has 1 amide bonds. The molecule has 2 aromatic rings. The second-order valence-corrected chi connectivity index (χ2v) is 14.9. The summed E-state index contributed by atoms with van der Waals surface area (Å²) in [4.78, 5) is 26.2. The Balaban J connectivity index is 1.54. The van der Waals surface area contributed by atoms with E-state index in [-0.39, 0.29) is 55.0 Å². The molecule has 1 atom stereocenters. The molecule has 14 heteroatoms. The van der Waals surface area contributed by atoms with Gasteiger partial charge in [-0.1, -0.05) is 49.2 Å². The Labute approximate surface area is 261 Å². The van der Waals surface area contributed by atoms with Gasteiger partial charge in [0, 0.05) is 24.6 Å². The van der Waals surface area contributed by atoms with Gasteiger partial charge in [-0.25, -0.2) is 12.8 Å². The highest BCUT2D eigenvalue weighted by Gasteiger charge is 2.73. The number of alkyl halides is 7. The molecule has 5 rings (SSSR count). The van der Waals surface area contributed by atoms with Crippen LogP contribution >= 0.6 is 0 Å². The standard InChI is InChI=1S/C32H34F7NO5S/c33-30(31(34,35)36,32(37,38)39)25-14-12-24(13-15-25)29(46(44,45)26-7-3-6-23(18-26)20-4-1-2-5-20)16-17-40(19-29)27(41)21-8-10-22(11-9-21)28(42)43/h3,6-7,12-15,18,20-22H,1-2,4-5,8-11,16-17,19H2,(H,42,43). The maximum atomic E-state index is 14.8. The van der Waals surface area contributed by atoms with Crippen molar-refractivity contribution in [3.63, 3.8) is 0 Å². The molecule has 1 heterocycles. The van der Waals surface area contributed by atoms with Gasteiger partial charge >= 0.3 is 24.0 Å². The molecule has 3 aliphatic rings. The number of halogens is 7. The lowest BCUT2D eigenvalue weighted by Crippen LogP contribution is -2.50. The highest BCUT2D eigenvalue weighted by Crippen LogP contribution is 2.54. The monoisotopic (exact) mass is 677 g/mol. The van der Waals surface area contributed by atoms with Gasteiger partial charge in [0.05, 0.1) is 10.8 Å². The van der Waals surface area contributed by atoms with Crippen molar-refractivity contribution in [2.45, 2.75) is 91.4 Å². The highest BCUT2D eigenvalue weighted by molar-refractivity contribution is 7.92. The van der Waals surface area contributed by atoms with Crippen LogP contribution < -0.4 is 0 Å². The number of carboxylic acids is 1. The predicted octanol–water partition coefficient (Wildman–Crippen LogP) is 7.43. The van der Waals surface area contributed by atoms with Crippen molar-refractivity contribution < 1.29 is 53.8 Å². The van der Waals surface area contributed by atoms with E-state index in [1.165, 1.54) is 11.0 Å². The fourth-order valence-corrected chi connectivity index (χ4v) is 9.47. The van der Waals surface area contributed by atoms with Gasteiger partial charge in [0.2, 0.25) is 5.91 Å². The molecule has 1 aliphatic heterocycles. The van der Waals surface area contributed by atoms with E-state index in [1.54, 1.807) is 12.1 Å². The Bertz CT molecular complexity index is 1550. The molecular formula is C32H34F7NO5S. The average Bonchev–Trinajstić information content (AvgIpc) is 3.72. The van der Waals surface area contributed by atoms with Crippen LogP contribution in [-0.4, -0.2) is 55.7 Å². The van der Waals surface area contributed by atoms with Gasteiger partial charge in [0.25, 0.3) is 0 Å². The maximum absolute atomic E-state index is 14.8. The van der Waals surface area contributed by atoms with Crippen LogP contribution in [0, 0.1) is 11.8 Å². The molecule has 1 N–H and O–H groups in total. The molecule has 0 spiro atoms. The summed E-state index contributed by atoms with van der Waals surface area (Å²) in [5.41, 5.74) is -6.80. The van der Waals surface area contributed by atoms with Crippen LogP contribution in [0.3, 0.4) is 0 Å². The smallest absolute Gasteiger partial charge is 0.435 e. The first kappa shape index (κ1) is 34.2. The van der Waals surface area contributed by atoms with E-state index in [9.17, 15) is 53.8 Å². The van der Waals surface area contributed by atoms with Gasteiger partial charge in [0.1, 0.15) is 4.75 Å². The van der Waals surface area contributed by atoms with Crippen LogP contribution in [0.25, 0.3) is 0 Å². The van der Waals surface area contributed by atoms with E-state index in [0.717, 1.165) is 43.4 Å². The van der Waals surface area contributed by atoms with Crippen molar-refractivity contribution in [1.29, 1.82) is 0 Å². The number of hydrogen-bond acceptors (Lipinski definition) is 4. The Morgan fingerprint density at radius 1 is 0.804 bits per heavy atom. The number of carbonyl (C=O) groups is 2. The number of likely N-dealkylation sites (tertiary alicyclic amines) is 1. The molecule has 2 aliphatic carbocycles. The van der Waals surface area contributed by atoms with Gasteiger partial charge in [-0.3, -0.25) is 9.59 Å². The molecular weight excluding hydrogens is 643 g/mol. The van der Waals surface area contributed by atoms with E-state index in [0.29, 0.717) is 12.1 Å². The molecule has 3 fully saturated rings. The number of carbonyl (C=O) groups excluding carboxylic acids is 1. The molecule has 2 aromatic carbocycles. The second kappa shape index (κ2) is 12.1. The lowest BCUT2D eigenvalue weighted by molar-refractivity contribution is -0.348. The zero-order valence-corrected chi connectivity index (χ0v) is 25.5. The molecule has 1 unspecified atom stereocenters. The number of aliphatic carboxylic acids is 1. The number of benzene rings is 2. The largest absolute Gasteiger partial charge is 0.481 e. The molecule has 46 heavy (non-hydrogen) atoms. The summed E-state index contributed by atoms with van der Waals surface area (Å²) in [5, 5.41) is 9.30. The summed E-state index contributed by atoms with van der Waals surface area (Å²) in [6.07, 6.45) is -8.11. The highest BCUT2D eigenvalue weighted by atomic mass is 32.2. The van der Waals surface area contributed by atoms with Crippen LogP contribution in [0.4, 0.5) is 30.7 Å². The van der Waals surface area contributed by atoms with Gasteiger partial charge in [-0.05, 0) is 74.1 Å². The first-order chi connectivity index (χ1) is 21.4. The van der Waals surface area contributed by atoms with Gasteiger partial charge in [-0.15, -0.1) is 0 Å². The normalized spacial score (nSPS) is 25.2. The number of rotatable bonds is 7. The van der Waals surface area contributed by atoms with Crippen molar-refractivity contribution in [3.05, 3.63) is 65.2 Å². The summed E-state index contributed by atoms with van der Waals surface area (Å²) >= 11 is 0. The minimum Gasteiger partial charge on any atom is -0.481 e. The van der Waals surface area contributed by atoms with Crippen LogP contribution in [-0.2, 0) is 29.8 Å². The molecule has 2 saturated carbocycles. The van der Waals surface area contributed by atoms with E-state index in [1.807, 2.05) is 6.07 Å². The Morgan fingerprint density at radius 3 is 1.91 bits per heavy atom. The predicted molar refractivity (Wildman–Crippen MR) is 152 cm³/mol. The molecule has 0 radical (unpaired) electrons. The Hall–Kier alpha value is -3.16. The fourth-order valence-electron chi connectivity index (χ4n) is 7.34. The topological polar surface area (TPSA) is 91.8 Å². The first-order valence-corrected chi connectivity index (χ1v) is 16.7. The average molecular weight is 678 g/mol. The molecule has 6 nitrogen and oxygen atoms in total. The molecule has 1 saturated heterocycles. The molecule has 0 aromatic heterocycles. The van der Waals surface area contributed by atoms with E-state index < -0.39 is 68.4 Å². The lowest BCUT2D eigenvalue weighted by atomic mass is 9.81. The minimum absolute atomic E-state index is 0.0703. The third-order valence-electron chi connectivity index (χ3n) is 10.1. The number of amides is 1. The lowest BCUT2D eigenvalue weighted by Gasteiger charge is -2.33. The number of sulfone groups is 1. The third-order valence-corrected chi connectivity index (χ3v) is 12.5. The number of carboxylic acid groups (broad SMARTS) is 1. The van der Waals surface area contributed by atoms with E-state index >= 15 is 0 Å². The van der Waals surface area contributed by atoms with Crippen molar-refractivity contribution in [1.82, 2.24) is 4.90 Å². The Kier molecular flexibility index (Phi) is 9.02. The van der Waals surface area contributed by atoms with Crippen LogP contribution in [0.15, 0.2) is 53.4 Å².